The predicted octanol–water partition coefficient (Wildman–Crippen LogP) is 1.21. The lowest BCUT2D eigenvalue weighted by molar-refractivity contribution is -0.133. The molecule has 6 heteroatoms. The molecule has 1 N–H and O–H groups in total. The van der Waals surface area contributed by atoms with Crippen molar-refractivity contribution in [3.05, 3.63) is 29.0 Å². The standard InChI is InChI=1S/C14H18ClN3O2/c15-13-4-1-10(7-16-13)8-18-5-6-20-9-12(18)14(19)17-11-2-3-11/h1,4,7,11-12H,2-3,5-6,8-9H2,(H,17,19). The number of nitrogens with zero attached hydrogens (tertiary/aromatic N) is 2. The maximum atomic E-state index is 12.2. The number of nitrogens with one attached hydrogen (secondary N) is 1. The number of hydrogen-bond donors (Lipinski definition) is 1. The molecule has 1 amide bonds. The second kappa shape index (κ2) is 6.08. The van der Waals surface area contributed by atoms with Crippen molar-refractivity contribution >= 4 is 17.5 Å². The van der Waals surface area contributed by atoms with E-state index in [4.69, 9.17) is 16.3 Å². The van der Waals surface area contributed by atoms with Crippen molar-refractivity contribution in [2.24, 2.45) is 0 Å². The minimum absolute atomic E-state index is 0.0779. The van der Waals surface area contributed by atoms with E-state index in [0.29, 0.717) is 31.0 Å². The Bertz CT molecular complexity index is 476. The lowest BCUT2D eigenvalue weighted by Crippen LogP contribution is -2.53. The SMILES string of the molecule is O=C(NC1CC1)C1COCCN1Cc1ccc(Cl)nc1. The van der Waals surface area contributed by atoms with E-state index in [9.17, 15) is 4.79 Å². The largest absolute Gasteiger partial charge is 0.378 e. The van der Waals surface area contributed by atoms with Crippen LogP contribution in [0.15, 0.2) is 18.3 Å². The second-order valence-electron chi connectivity index (χ2n) is 5.33. The molecule has 0 radical (unpaired) electrons. The summed E-state index contributed by atoms with van der Waals surface area (Å²) in [6, 6.07) is 3.89. The van der Waals surface area contributed by atoms with Gasteiger partial charge in [-0.1, -0.05) is 17.7 Å². The first-order valence-electron chi connectivity index (χ1n) is 6.95. The summed E-state index contributed by atoms with van der Waals surface area (Å²) < 4.78 is 5.45. The van der Waals surface area contributed by atoms with Crippen molar-refractivity contribution in [1.82, 2.24) is 15.2 Å². The number of hydrogen-bond acceptors (Lipinski definition) is 4. The average molecular weight is 296 g/mol. The summed E-state index contributed by atoms with van der Waals surface area (Å²) in [5.74, 6) is 0.0779. The summed E-state index contributed by atoms with van der Waals surface area (Å²) >= 11 is 5.79. The highest BCUT2D eigenvalue weighted by atomic mass is 35.5. The van der Waals surface area contributed by atoms with Crippen LogP contribution in [0.4, 0.5) is 0 Å². The molecule has 2 heterocycles. The lowest BCUT2D eigenvalue weighted by atomic mass is 10.1. The Kier molecular flexibility index (Phi) is 4.19. The van der Waals surface area contributed by atoms with Crippen LogP contribution in [0.5, 0.6) is 0 Å². The highest BCUT2D eigenvalue weighted by molar-refractivity contribution is 6.29. The zero-order chi connectivity index (χ0) is 13.9. The predicted molar refractivity (Wildman–Crippen MR) is 75.4 cm³/mol. The van der Waals surface area contributed by atoms with Crippen molar-refractivity contribution in [2.75, 3.05) is 19.8 Å². The summed E-state index contributed by atoms with van der Waals surface area (Å²) in [4.78, 5) is 18.5. The fraction of sp³-hybridized carbons (Fsp3) is 0.571. The van der Waals surface area contributed by atoms with Crippen molar-refractivity contribution in [3.63, 3.8) is 0 Å². The van der Waals surface area contributed by atoms with Gasteiger partial charge in [-0.2, -0.15) is 0 Å². The summed E-state index contributed by atoms with van der Waals surface area (Å²) in [7, 11) is 0. The molecule has 1 aromatic heterocycles. The third-order valence-electron chi connectivity index (χ3n) is 3.64. The van der Waals surface area contributed by atoms with Gasteiger partial charge in [0.1, 0.15) is 11.2 Å². The number of morpholine rings is 1. The van der Waals surface area contributed by atoms with Crippen LogP contribution in [-0.2, 0) is 16.1 Å². The fourth-order valence-corrected chi connectivity index (χ4v) is 2.44. The molecule has 0 aromatic carbocycles. The monoisotopic (exact) mass is 295 g/mol. The Morgan fingerprint density at radius 3 is 3.05 bits per heavy atom. The Hall–Kier alpha value is -1.17. The highest BCUT2D eigenvalue weighted by Gasteiger charge is 2.33. The van der Waals surface area contributed by atoms with Crippen molar-refractivity contribution in [1.29, 1.82) is 0 Å². The van der Waals surface area contributed by atoms with Gasteiger partial charge in [-0.15, -0.1) is 0 Å². The molecule has 20 heavy (non-hydrogen) atoms. The molecule has 1 saturated heterocycles. The van der Waals surface area contributed by atoms with E-state index in [1.807, 2.05) is 6.07 Å². The minimum Gasteiger partial charge on any atom is -0.378 e. The van der Waals surface area contributed by atoms with Gasteiger partial charge in [-0.05, 0) is 24.5 Å². The molecule has 1 aliphatic carbocycles. The molecule has 3 rings (SSSR count). The number of rotatable bonds is 4. The summed E-state index contributed by atoms with van der Waals surface area (Å²) in [6.07, 6.45) is 3.95. The molecule has 108 valence electrons. The molecule has 1 atom stereocenters. The van der Waals surface area contributed by atoms with E-state index in [1.54, 1.807) is 12.3 Å². The molecule has 1 saturated carbocycles. The van der Waals surface area contributed by atoms with E-state index in [-0.39, 0.29) is 11.9 Å². The Balaban J connectivity index is 1.64. The smallest absolute Gasteiger partial charge is 0.239 e. The quantitative estimate of drug-likeness (QED) is 0.849. The van der Waals surface area contributed by atoms with E-state index < -0.39 is 0 Å². The minimum atomic E-state index is -0.208. The van der Waals surface area contributed by atoms with E-state index in [2.05, 4.69) is 15.2 Å². The number of halogens is 1. The summed E-state index contributed by atoms with van der Waals surface area (Å²) in [5, 5.41) is 3.54. The van der Waals surface area contributed by atoms with Crippen LogP contribution in [0.1, 0.15) is 18.4 Å². The van der Waals surface area contributed by atoms with Gasteiger partial charge in [0.15, 0.2) is 0 Å². The first-order valence-corrected chi connectivity index (χ1v) is 7.33. The Morgan fingerprint density at radius 1 is 1.50 bits per heavy atom. The van der Waals surface area contributed by atoms with Crippen LogP contribution in [0.25, 0.3) is 0 Å². The van der Waals surface area contributed by atoms with Gasteiger partial charge >= 0.3 is 0 Å². The van der Waals surface area contributed by atoms with Crippen LogP contribution >= 0.6 is 11.6 Å². The number of pyridine rings is 1. The van der Waals surface area contributed by atoms with Crippen LogP contribution < -0.4 is 5.32 Å². The van der Waals surface area contributed by atoms with E-state index >= 15 is 0 Å². The maximum absolute atomic E-state index is 12.2. The Morgan fingerprint density at radius 2 is 2.35 bits per heavy atom. The third kappa shape index (κ3) is 3.48. The van der Waals surface area contributed by atoms with Crippen molar-refractivity contribution in [2.45, 2.75) is 31.5 Å². The van der Waals surface area contributed by atoms with Gasteiger partial charge in [-0.25, -0.2) is 4.98 Å². The van der Waals surface area contributed by atoms with Gasteiger partial charge in [0, 0.05) is 25.3 Å². The molecule has 0 spiro atoms. The molecule has 0 bridgehead atoms. The topological polar surface area (TPSA) is 54.5 Å². The number of ether oxygens (including phenoxy) is 1. The molecular formula is C14H18ClN3O2. The summed E-state index contributed by atoms with van der Waals surface area (Å²) in [6.45, 7) is 2.56. The van der Waals surface area contributed by atoms with Crippen molar-refractivity contribution < 1.29 is 9.53 Å². The van der Waals surface area contributed by atoms with Gasteiger partial charge in [0.05, 0.1) is 13.2 Å². The molecule has 1 aromatic rings. The van der Waals surface area contributed by atoms with Gasteiger partial charge in [0.25, 0.3) is 0 Å². The zero-order valence-corrected chi connectivity index (χ0v) is 12.0. The number of amides is 1. The van der Waals surface area contributed by atoms with E-state index in [0.717, 1.165) is 24.9 Å². The fourth-order valence-electron chi connectivity index (χ4n) is 2.33. The van der Waals surface area contributed by atoms with Gasteiger partial charge < -0.3 is 10.1 Å². The number of carbonyl (C=O) groups excluding carboxylic acids is 1. The molecule has 1 unspecified atom stereocenters. The molecule has 2 fully saturated rings. The molecule has 1 aliphatic heterocycles. The zero-order valence-electron chi connectivity index (χ0n) is 11.2. The maximum Gasteiger partial charge on any atom is 0.239 e. The van der Waals surface area contributed by atoms with Crippen molar-refractivity contribution in [3.8, 4) is 0 Å². The third-order valence-corrected chi connectivity index (χ3v) is 3.86. The van der Waals surface area contributed by atoms with Gasteiger partial charge in [0.2, 0.25) is 5.91 Å². The average Bonchev–Trinajstić information content (AvgIpc) is 3.26. The van der Waals surface area contributed by atoms with Crippen LogP contribution in [0, 0.1) is 0 Å². The first kappa shape index (κ1) is 13.8. The van der Waals surface area contributed by atoms with Crippen LogP contribution in [-0.4, -0.2) is 47.6 Å². The van der Waals surface area contributed by atoms with Gasteiger partial charge in [-0.3, -0.25) is 9.69 Å². The molecule has 5 nitrogen and oxygen atoms in total. The Labute approximate surface area is 123 Å². The number of aromatic nitrogens is 1. The van der Waals surface area contributed by atoms with Crippen LogP contribution in [0.2, 0.25) is 5.15 Å². The van der Waals surface area contributed by atoms with Crippen LogP contribution in [0.3, 0.4) is 0 Å². The molecular weight excluding hydrogens is 278 g/mol. The normalized spacial score (nSPS) is 23.6. The molecule has 2 aliphatic rings. The highest BCUT2D eigenvalue weighted by Crippen LogP contribution is 2.20. The first-order chi connectivity index (χ1) is 9.72. The second-order valence-corrected chi connectivity index (χ2v) is 5.72. The summed E-state index contributed by atoms with van der Waals surface area (Å²) in [5.41, 5.74) is 1.06. The number of carbonyl (C=O) groups is 1. The lowest BCUT2D eigenvalue weighted by Gasteiger charge is -2.34. The van der Waals surface area contributed by atoms with E-state index in [1.165, 1.54) is 0 Å².